The Kier molecular flexibility index (Phi) is 8.04. The Labute approximate surface area is 262 Å². The summed E-state index contributed by atoms with van der Waals surface area (Å²) in [6, 6.07) is 16.7. The number of carbonyl (C=O) groups is 1. The van der Waals surface area contributed by atoms with E-state index in [1.54, 1.807) is 48.5 Å². The maximum Gasteiger partial charge on any atom is 0.335 e. The normalized spacial score (nSPS) is 16.0. The SMILES string of the molecule is CC1(C)COCC1n1c(Cc2cc(F)c(-c3cccc(OCc4ccc(Cl)c(Cl)c4)n3)cc2F)nc2ccc(C(=O)O)cc21. The zero-order valence-electron chi connectivity index (χ0n) is 23.8. The van der Waals surface area contributed by atoms with Crippen LogP contribution in [-0.4, -0.2) is 38.8 Å². The number of fused-ring (bicyclic) bond motifs is 1. The predicted molar refractivity (Wildman–Crippen MR) is 164 cm³/mol. The second-order valence-electron chi connectivity index (χ2n) is 11.4. The van der Waals surface area contributed by atoms with Gasteiger partial charge < -0.3 is 19.1 Å². The largest absolute Gasteiger partial charge is 0.478 e. The van der Waals surface area contributed by atoms with E-state index in [0.29, 0.717) is 40.1 Å². The van der Waals surface area contributed by atoms with Crippen LogP contribution in [0.3, 0.4) is 0 Å². The molecule has 1 N–H and O–H groups in total. The molecule has 0 amide bonds. The summed E-state index contributed by atoms with van der Waals surface area (Å²) in [5, 5.41) is 10.4. The number of hydrogen-bond donors (Lipinski definition) is 1. The molecule has 0 bridgehead atoms. The summed E-state index contributed by atoms with van der Waals surface area (Å²) in [6.07, 6.45) is -0.0209. The Bertz CT molecular complexity index is 1910. The van der Waals surface area contributed by atoms with Gasteiger partial charge in [-0.3, -0.25) is 0 Å². The van der Waals surface area contributed by atoms with Crippen molar-refractivity contribution in [3.8, 4) is 17.1 Å². The van der Waals surface area contributed by atoms with Crippen molar-refractivity contribution >= 4 is 40.2 Å². The van der Waals surface area contributed by atoms with E-state index >= 15 is 8.78 Å². The highest BCUT2D eigenvalue weighted by molar-refractivity contribution is 6.42. The van der Waals surface area contributed by atoms with Crippen molar-refractivity contribution < 1.29 is 28.2 Å². The number of nitrogens with zero attached hydrogens (tertiary/aromatic N) is 3. The standard InChI is InChI=1S/C33H27Cl2F2N3O4/c1-33(2)17-43-16-29(33)40-28-12-19(32(41)42)7-9-27(28)38-30(40)13-20-11-25(37)21(14-24(20)36)26-4-3-5-31(39-26)44-15-18-6-8-22(34)23(35)10-18/h3-12,14,29H,13,15-17H2,1-2H3,(H,41,42). The fraction of sp³-hybridized carbons (Fsp3) is 0.242. The molecule has 1 aliphatic rings. The molecule has 0 spiro atoms. The summed E-state index contributed by atoms with van der Waals surface area (Å²) in [4.78, 5) is 20.8. The van der Waals surface area contributed by atoms with Crippen LogP contribution < -0.4 is 4.74 Å². The lowest BCUT2D eigenvalue weighted by Crippen LogP contribution is -2.27. The molecule has 1 saturated heterocycles. The first-order valence-electron chi connectivity index (χ1n) is 13.8. The van der Waals surface area contributed by atoms with Gasteiger partial charge in [0.15, 0.2) is 0 Å². The fourth-order valence-corrected chi connectivity index (χ4v) is 5.77. The minimum Gasteiger partial charge on any atom is -0.478 e. The molecule has 1 unspecified atom stereocenters. The van der Waals surface area contributed by atoms with Crippen molar-refractivity contribution in [2.45, 2.75) is 32.9 Å². The first-order valence-corrected chi connectivity index (χ1v) is 14.6. The minimum absolute atomic E-state index is 0.0174. The number of pyridine rings is 1. The molecular formula is C33H27Cl2F2N3O4. The van der Waals surface area contributed by atoms with Gasteiger partial charge in [-0.2, -0.15) is 0 Å². The first kappa shape index (κ1) is 30.0. The van der Waals surface area contributed by atoms with Crippen LogP contribution >= 0.6 is 23.2 Å². The van der Waals surface area contributed by atoms with Crippen LogP contribution in [0.1, 0.15) is 47.2 Å². The molecule has 0 aliphatic carbocycles. The highest BCUT2D eigenvalue weighted by Gasteiger charge is 2.39. The van der Waals surface area contributed by atoms with Crippen LogP contribution in [0.15, 0.2) is 66.7 Å². The van der Waals surface area contributed by atoms with E-state index < -0.39 is 17.6 Å². The van der Waals surface area contributed by atoms with Crippen molar-refractivity contribution in [3.05, 3.63) is 111 Å². The number of halogens is 4. The average molecular weight is 638 g/mol. The van der Waals surface area contributed by atoms with Crippen LogP contribution in [0.4, 0.5) is 8.78 Å². The predicted octanol–water partition coefficient (Wildman–Crippen LogP) is 8.15. The van der Waals surface area contributed by atoms with E-state index in [-0.39, 0.29) is 52.7 Å². The number of aromatic carboxylic acids is 1. The number of ether oxygens (including phenoxy) is 2. The molecule has 0 radical (unpaired) electrons. The third-order valence-corrected chi connectivity index (χ3v) is 8.57. The lowest BCUT2D eigenvalue weighted by Gasteiger charge is -2.28. The molecule has 11 heteroatoms. The van der Waals surface area contributed by atoms with Gasteiger partial charge in [0, 0.05) is 23.5 Å². The lowest BCUT2D eigenvalue weighted by atomic mass is 9.87. The zero-order chi connectivity index (χ0) is 31.2. The molecule has 6 rings (SSSR count). The van der Waals surface area contributed by atoms with Gasteiger partial charge in [0.25, 0.3) is 0 Å². The summed E-state index contributed by atoms with van der Waals surface area (Å²) in [7, 11) is 0. The minimum atomic E-state index is -1.07. The molecule has 3 heterocycles. The van der Waals surface area contributed by atoms with E-state index in [2.05, 4.69) is 4.98 Å². The molecule has 7 nitrogen and oxygen atoms in total. The van der Waals surface area contributed by atoms with Gasteiger partial charge >= 0.3 is 5.97 Å². The lowest BCUT2D eigenvalue weighted by molar-refractivity contribution is 0.0697. The van der Waals surface area contributed by atoms with Crippen molar-refractivity contribution in [1.29, 1.82) is 0 Å². The highest BCUT2D eigenvalue weighted by Crippen LogP contribution is 2.40. The van der Waals surface area contributed by atoms with Crippen molar-refractivity contribution in [1.82, 2.24) is 14.5 Å². The maximum absolute atomic E-state index is 15.6. The number of carboxylic acids is 1. The van der Waals surface area contributed by atoms with E-state index in [0.717, 1.165) is 17.7 Å². The van der Waals surface area contributed by atoms with E-state index in [9.17, 15) is 9.90 Å². The van der Waals surface area contributed by atoms with Gasteiger partial charge in [0.1, 0.15) is 24.1 Å². The van der Waals surface area contributed by atoms with Gasteiger partial charge in [-0.15, -0.1) is 0 Å². The smallest absolute Gasteiger partial charge is 0.335 e. The summed E-state index contributed by atoms with van der Waals surface area (Å²) in [5.41, 5.74) is 2.03. The van der Waals surface area contributed by atoms with Gasteiger partial charge in [0.2, 0.25) is 5.88 Å². The topological polar surface area (TPSA) is 86.5 Å². The molecule has 2 aromatic heterocycles. The highest BCUT2D eigenvalue weighted by atomic mass is 35.5. The molecule has 1 fully saturated rings. The third kappa shape index (κ3) is 5.87. The fourth-order valence-electron chi connectivity index (χ4n) is 5.45. The van der Waals surface area contributed by atoms with E-state index in [1.165, 1.54) is 6.07 Å². The van der Waals surface area contributed by atoms with Crippen molar-refractivity contribution in [2.24, 2.45) is 5.41 Å². The van der Waals surface area contributed by atoms with Gasteiger partial charge in [0.05, 0.1) is 51.6 Å². The second-order valence-corrected chi connectivity index (χ2v) is 12.2. The van der Waals surface area contributed by atoms with Crippen LogP contribution in [-0.2, 0) is 17.8 Å². The number of benzene rings is 3. The first-order chi connectivity index (χ1) is 21.0. The summed E-state index contributed by atoms with van der Waals surface area (Å²) < 4.78 is 44.7. The molecule has 0 saturated carbocycles. The molecule has 5 aromatic rings. The molecule has 3 aromatic carbocycles. The van der Waals surface area contributed by atoms with Gasteiger partial charge in [-0.25, -0.2) is 23.5 Å². The van der Waals surface area contributed by atoms with Crippen LogP contribution in [0.25, 0.3) is 22.3 Å². The number of hydrogen-bond acceptors (Lipinski definition) is 5. The summed E-state index contributed by atoms with van der Waals surface area (Å²) in [6.45, 7) is 5.13. The second kappa shape index (κ2) is 11.8. The number of aromatic nitrogens is 3. The Morgan fingerprint density at radius 3 is 2.59 bits per heavy atom. The number of rotatable bonds is 8. The Hall–Kier alpha value is -4.05. The van der Waals surface area contributed by atoms with Crippen molar-refractivity contribution in [2.75, 3.05) is 13.2 Å². The third-order valence-electron chi connectivity index (χ3n) is 7.83. The van der Waals surface area contributed by atoms with Gasteiger partial charge in [-0.1, -0.05) is 49.2 Å². The van der Waals surface area contributed by atoms with Gasteiger partial charge in [-0.05, 0) is 59.7 Å². The van der Waals surface area contributed by atoms with E-state index in [4.69, 9.17) is 37.7 Å². The Morgan fingerprint density at radius 1 is 1.05 bits per heavy atom. The zero-order valence-corrected chi connectivity index (χ0v) is 25.3. The monoisotopic (exact) mass is 637 g/mol. The molecule has 226 valence electrons. The Morgan fingerprint density at radius 2 is 1.86 bits per heavy atom. The van der Waals surface area contributed by atoms with Crippen molar-refractivity contribution in [3.63, 3.8) is 0 Å². The Balaban J connectivity index is 1.31. The summed E-state index contributed by atoms with van der Waals surface area (Å²) >= 11 is 12.0. The van der Waals surface area contributed by atoms with Crippen LogP contribution in [0.2, 0.25) is 10.0 Å². The maximum atomic E-state index is 15.6. The van der Waals surface area contributed by atoms with E-state index in [1.807, 2.05) is 18.4 Å². The summed E-state index contributed by atoms with van der Waals surface area (Å²) in [5.74, 6) is -1.64. The average Bonchev–Trinajstić information content (AvgIpc) is 3.52. The number of imidazole rings is 1. The number of carboxylic acid groups (broad SMARTS) is 1. The van der Waals surface area contributed by atoms with Crippen LogP contribution in [0.5, 0.6) is 5.88 Å². The molecular weight excluding hydrogens is 611 g/mol. The molecule has 1 aliphatic heterocycles. The quantitative estimate of drug-likeness (QED) is 0.185. The van der Waals surface area contributed by atoms with Crippen LogP contribution in [0, 0.1) is 17.0 Å². The molecule has 1 atom stereocenters. The molecule has 44 heavy (non-hydrogen) atoms.